The van der Waals surface area contributed by atoms with Crippen molar-refractivity contribution >= 4 is 23.4 Å². The van der Waals surface area contributed by atoms with Crippen molar-refractivity contribution in [1.29, 1.82) is 0 Å². The number of rotatable bonds is 3. The van der Waals surface area contributed by atoms with Crippen molar-refractivity contribution in [2.24, 2.45) is 0 Å². The summed E-state index contributed by atoms with van der Waals surface area (Å²) in [6, 6.07) is 15.0. The van der Waals surface area contributed by atoms with Gasteiger partial charge in [0, 0.05) is 12.5 Å². The van der Waals surface area contributed by atoms with Gasteiger partial charge in [0.2, 0.25) is 23.2 Å². The van der Waals surface area contributed by atoms with E-state index in [-0.39, 0.29) is 5.91 Å². The lowest BCUT2D eigenvalue weighted by molar-refractivity contribution is -0.118. The predicted octanol–water partition coefficient (Wildman–Crippen LogP) is 3.71. The summed E-state index contributed by atoms with van der Waals surface area (Å²) >= 11 is 1.37. The molecule has 0 spiro atoms. The van der Waals surface area contributed by atoms with Crippen molar-refractivity contribution in [3.05, 3.63) is 54.1 Å². The number of anilines is 1. The molecule has 8 heteroatoms. The van der Waals surface area contributed by atoms with E-state index in [1.807, 2.05) is 54.8 Å². The summed E-state index contributed by atoms with van der Waals surface area (Å²) in [4.78, 5) is 18.8. The van der Waals surface area contributed by atoms with Gasteiger partial charge in [-0.1, -0.05) is 42.1 Å². The number of carbonyl (C=O) groups excluding carboxylic acids is 1. The number of amides is 1. The third kappa shape index (κ3) is 3.05. The Kier molecular flexibility index (Phi) is 4.87. The van der Waals surface area contributed by atoms with Crippen LogP contribution in [0.4, 0.5) is 5.69 Å². The Bertz CT molecular complexity index is 1040. The molecular formula is C20H18N4O3S. The predicted molar refractivity (Wildman–Crippen MR) is 107 cm³/mol. The second-order valence-corrected chi connectivity index (χ2v) is 6.84. The van der Waals surface area contributed by atoms with Gasteiger partial charge in [-0.2, -0.15) is 4.98 Å². The van der Waals surface area contributed by atoms with E-state index in [9.17, 15) is 4.79 Å². The van der Waals surface area contributed by atoms with Crippen molar-refractivity contribution in [2.75, 3.05) is 18.3 Å². The molecular weight excluding hydrogens is 376 g/mol. The van der Waals surface area contributed by atoms with Crippen LogP contribution < -0.4 is 14.4 Å². The minimum atomic E-state index is -0.762. The zero-order valence-electron chi connectivity index (χ0n) is 15.6. The SMILES string of the molecule is COc1ccccc1C1Oc2nc(SC)nnc2-c2ccccc2N1C(C)=O. The van der Waals surface area contributed by atoms with Gasteiger partial charge in [-0.05, 0) is 24.5 Å². The molecule has 1 unspecified atom stereocenters. The first-order valence-electron chi connectivity index (χ1n) is 8.61. The molecule has 1 aromatic heterocycles. The van der Waals surface area contributed by atoms with Crippen molar-refractivity contribution in [2.45, 2.75) is 18.3 Å². The van der Waals surface area contributed by atoms with Gasteiger partial charge in [-0.3, -0.25) is 9.69 Å². The van der Waals surface area contributed by atoms with E-state index >= 15 is 0 Å². The molecule has 1 aliphatic rings. The number of fused-ring (bicyclic) bond motifs is 3. The molecule has 0 N–H and O–H groups in total. The van der Waals surface area contributed by atoms with Crippen molar-refractivity contribution < 1.29 is 14.3 Å². The Morgan fingerprint density at radius 1 is 1.14 bits per heavy atom. The van der Waals surface area contributed by atoms with E-state index in [0.29, 0.717) is 33.7 Å². The van der Waals surface area contributed by atoms with Crippen LogP contribution in [-0.4, -0.2) is 34.5 Å². The maximum Gasteiger partial charge on any atom is 0.247 e. The molecule has 2 heterocycles. The fourth-order valence-corrected chi connectivity index (χ4v) is 3.51. The zero-order chi connectivity index (χ0) is 19.7. The number of nitrogens with zero attached hydrogens (tertiary/aromatic N) is 4. The van der Waals surface area contributed by atoms with Gasteiger partial charge in [-0.25, -0.2) is 0 Å². The average molecular weight is 394 g/mol. The zero-order valence-corrected chi connectivity index (χ0v) is 16.4. The van der Waals surface area contributed by atoms with Gasteiger partial charge in [-0.15, -0.1) is 10.2 Å². The van der Waals surface area contributed by atoms with Gasteiger partial charge in [0.25, 0.3) is 0 Å². The monoisotopic (exact) mass is 394 g/mol. The Morgan fingerprint density at radius 3 is 2.64 bits per heavy atom. The maximum atomic E-state index is 12.7. The van der Waals surface area contributed by atoms with Gasteiger partial charge in [0.1, 0.15) is 5.75 Å². The highest BCUT2D eigenvalue weighted by Crippen LogP contribution is 2.44. The van der Waals surface area contributed by atoms with Crippen LogP contribution in [0.25, 0.3) is 11.3 Å². The number of para-hydroxylation sites is 2. The largest absolute Gasteiger partial charge is 0.496 e. The molecule has 2 aromatic carbocycles. The molecule has 142 valence electrons. The van der Waals surface area contributed by atoms with Crippen LogP contribution in [-0.2, 0) is 4.79 Å². The highest BCUT2D eigenvalue weighted by atomic mass is 32.2. The summed E-state index contributed by atoms with van der Waals surface area (Å²) in [5.41, 5.74) is 2.62. The van der Waals surface area contributed by atoms with E-state index in [1.165, 1.54) is 18.7 Å². The number of carbonyl (C=O) groups is 1. The third-order valence-corrected chi connectivity index (χ3v) is 4.98. The standard InChI is InChI=1S/C20H18N4O3S/c1-12(25)24-15-10-6-4-8-13(15)17-18(21-20(28-3)23-22-17)27-19(24)14-9-5-7-11-16(14)26-2/h4-11,19H,1-3H3. The Morgan fingerprint density at radius 2 is 1.89 bits per heavy atom. The number of aromatic nitrogens is 3. The number of methoxy groups -OCH3 is 1. The second kappa shape index (κ2) is 7.47. The van der Waals surface area contributed by atoms with Crippen LogP contribution >= 0.6 is 11.8 Å². The molecule has 3 aromatic rings. The fraction of sp³-hybridized carbons (Fsp3) is 0.200. The molecule has 1 aliphatic heterocycles. The molecule has 7 nitrogen and oxygen atoms in total. The molecule has 0 radical (unpaired) electrons. The maximum absolute atomic E-state index is 12.7. The smallest absolute Gasteiger partial charge is 0.247 e. The van der Waals surface area contributed by atoms with E-state index in [4.69, 9.17) is 9.47 Å². The van der Waals surface area contributed by atoms with Gasteiger partial charge < -0.3 is 9.47 Å². The van der Waals surface area contributed by atoms with E-state index in [0.717, 1.165) is 5.56 Å². The first-order valence-corrected chi connectivity index (χ1v) is 9.84. The summed E-state index contributed by atoms with van der Waals surface area (Å²) < 4.78 is 11.8. The molecule has 1 amide bonds. The molecule has 28 heavy (non-hydrogen) atoms. The van der Waals surface area contributed by atoms with Gasteiger partial charge in [0.15, 0.2) is 5.69 Å². The average Bonchev–Trinajstić information content (AvgIpc) is 2.87. The van der Waals surface area contributed by atoms with Gasteiger partial charge in [0.05, 0.1) is 18.4 Å². The second-order valence-electron chi connectivity index (χ2n) is 6.07. The number of hydrogen-bond acceptors (Lipinski definition) is 7. The molecule has 0 aliphatic carbocycles. The topological polar surface area (TPSA) is 77.4 Å². The first-order chi connectivity index (χ1) is 13.6. The van der Waals surface area contributed by atoms with Crippen molar-refractivity contribution in [3.8, 4) is 22.9 Å². The molecule has 0 fully saturated rings. The Hall–Kier alpha value is -3.13. The van der Waals surface area contributed by atoms with Crippen LogP contribution in [0.2, 0.25) is 0 Å². The lowest BCUT2D eigenvalue weighted by Gasteiger charge is -2.30. The van der Waals surface area contributed by atoms with Crippen LogP contribution in [0.15, 0.2) is 53.7 Å². The Balaban J connectivity index is 2.00. The molecule has 4 rings (SSSR count). The third-order valence-electron chi connectivity index (χ3n) is 4.44. The molecule has 0 saturated carbocycles. The number of hydrogen-bond donors (Lipinski definition) is 0. The lowest BCUT2D eigenvalue weighted by Crippen LogP contribution is -2.36. The summed E-state index contributed by atoms with van der Waals surface area (Å²) in [6.45, 7) is 1.50. The number of thioether (sulfide) groups is 1. The first kappa shape index (κ1) is 18.2. The minimum Gasteiger partial charge on any atom is -0.496 e. The normalized spacial score (nSPS) is 15.1. The fourth-order valence-electron chi connectivity index (χ4n) is 3.21. The summed E-state index contributed by atoms with van der Waals surface area (Å²) in [5, 5.41) is 8.97. The van der Waals surface area contributed by atoms with Crippen LogP contribution in [0.1, 0.15) is 18.7 Å². The lowest BCUT2D eigenvalue weighted by atomic mass is 10.1. The van der Waals surface area contributed by atoms with Crippen LogP contribution in [0.5, 0.6) is 11.6 Å². The molecule has 0 bridgehead atoms. The Labute approximate surface area is 166 Å². The van der Waals surface area contributed by atoms with Crippen LogP contribution in [0.3, 0.4) is 0 Å². The summed E-state index contributed by atoms with van der Waals surface area (Å²) in [5.74, 6) is 0.771. The summed E-state index contributed by atoms with van der Waals surface area (Å²) in [7, 11) is 1.59. The number of ether oxygens (including phenoxy) is 2. The van der Waals surface area contributed by atoms with E-state index in [1.54, 1.807) is 12.0 Å². The van der Waals surface area contributed by atoms with Crippen molar-refractivity contribution in [3.63, 3.8) is 0 Å². The molecule has 1 atom stereocenters. The summed E-state index contributed by atoms with van der Waals surface area (Å²) in [6.07, 6.45) is 1.11. The number of benzene rings is 2. The highest BCUT2D eigenvalue weighted by Gasteiger charge is 2.35. The highest BCUT2D eigenvalue weighted by molar-refractivity contribution is 7.98. The van der Waals surface area contributed by atoms with Crippen molar-refractivity contribution in [1.82, 2.24) is 15.2 Å². The van der Waals surface area contributed by atoms with E-state index in [2.05, 4.69) is 15.2 Å². The van der Waals surface area contributed by atoms with E-state index < -0.39 is 6.23 Å². The van der Waals surface area contributed by atoms with Gasteiger partial charge >= 0.3 is 0 Å². The minimum absolute atomic E-state index is 0.172. The quantitative estimate of drug-likeness (QED) is 0.627. The molecule has 0 saturated heterocycles. The van der Waals surface area contributed by atoms with Crippen LogP contribution in [0, 0.1) is 0 Å².